The van der Waals surface area contributed by atoms with Crippen molar-refractivity contribution in [1.29, 1.82) is 0 Å². The third-order valence-corrected chi connectivity index (χ3v) is 2.56. The maximum atomic E-state index is 9.86. The molecular formula is C13H20N2O. The number of pyridine rings is 1. The van der Waals surface area contributed by atoms with Gasteiger partial charge in [0.05, 0.1) is 6.10 Å². The standard InChI is InChI=1S/C13H20N2O/c1-3-11(2)15-9-5-7-13(16)12-6-4-8-14-10-12/h3-4,6,8,10,13,15-16H,5,7,9H2,1-2H3. The third kappa shape index (κ3) is 4.45. The predicted octanol–water partition coefficient (Wildman–Crippen LogP) is 2.41. The van der Waals surface area contributed by atoms with E-state index in [2.05, 4.69) is 10.3 Å². The largest absolute Gasteiger partial charge is 0.389 e. The topological polar surface area (TPSA) is 45.1 Å². The summed E-state index contributed by atoms with van der Waals surface area (Å²) >= 11 is 0. The Morgan fingerprint density at radius 3 is 3.06 bits per heavy atom. The Hall–Kier alpha value is -1.35. The number of aromatic nitrogens is 1. The molecule has 3 heteroatoms. The first-order valence-corrected chi connectivity index (χ1v) is 5.69. The SMILES string of the molecule is CC=C(C)NCCCC(O)c1cccnc1. The fourth-order valence-electron chi connectivity index (χ4n) is 1.42. The molecule has 1 rings (SSSR count). The normalized spacial score (nSPS) is 13.6. The summed E-state index contributed by atoms with van der Waals surface area (Å²) < 4.78 is 0. The molecule has 0 fully saturated rings. The minimum absolute atomic E-state index is 0.401. The quantitative estimate of drug-likeness (QED) is 0.724. The lowest BCUT2D eigenvalue weighted by atomic mass is 10.1. The summed E-state index contributed by atoms with van der Waals surface area (Å²) in [6.07, 6.45) is 6.78. The summed E-state index contributed by atoms with van der Waals surface area (Å²) in [4.78, 5) is 3.99. The first-order valence-electron chi connectivity index (χ1n) is 5.69. The van der Waals surface area contributed by atoms with Crippen LogP contribution in [0.15, 0.2) is 36.3 Å². The second-order valence-electron chi connectivity index (χ2n) is 3.84. The van der Waals surface area contributed by atoms with E-state index in [1.807, 2.05) is 32.1 Å². The van der Waals surface area contributed by atoms with Crippen molar-refractivity contribution >= 4 is 0 Å². The van der Waals surface area contributed by atoms with E-state index in [0.29, 0.717) is 0 Å². The molecule has 0 amide bonds. The average molecular weight is 220 g/mol. The van der Waals surface area contributed by atoms with Crippen LogP contribution in [0.2, 0.25) is 0 Å². The van der Waals surface area contributed by atoms with E-state index in [4.69, 9.17) is 0 Å². The first kappa shape index (κ1) is 12.7. The van der Waals surface area contributed by atoms with Gasteiger partial charge in [0.1, 0.15) is 0 Å². The number of aliphatic hydroxyl groups is 1. The van der Waals surface area contributed by atoms with Crippen LogP contribution in [0.25, 0.3) is 0 Å². The molecule has 0 aromatic carbocycles. The number of allylic oxidation sites excluding steroid dienone is 2. The number of rotatable bonds is 6. The maximum Gasteiger partial charge on any atom is 0.0805 e. The molecule has 1 unspecified atom stereocenters. The summed E-state index contributed by atoms with van der Waals surface area (Å²) in [6, 6.07) is 3.75. The Labute approximate surface area is 97.2 Å². The average Bonchev–Trinajstić information content (AvgIpc) is 2.35. The second kappa shape index (κ2) is 7.01. The van der Waals surface area contributed by atoms with E-state index in [0.717, 1.165) is 24.9 Å². The minimum Gasteiger partial charge on any atom is -0.389 e. The van der Waals surface area contributed by atoms with Crippen LogP contribution in [-0.4, -0.2) is 16.6 Å². The van der Waals surface area contributed by atoms with Crippen LogP contribution < -0.4 is 5.32 Å². The highest BCUT2D eigenvalue weighted by atomic mass is 16.3. The molecule has 1 aromatic rings. The summed E-state index contributed by atoms with van der Waals surface area (Å²) in [5.41, 5.74) is 2.07. The summed E-state index contributed by atoms with van der Waals surface area (Å²) in [5, 5.41) is 13.1. The van der Waals surface area contributed by atoms with Gasteiger partial charge in [0.2, 0.25) is 0 Å². The number of hydrogen-bond donors (Lipinski definition) is 2. The fourth-order valence-corrected chi connectivity index (χ4v) is 1.42. The maximum absolute atomic E-state index is 9.86. The Morgan fingerprint density at radius 1 is 1.62 bits per heavy atom. The van der Waals surface area contributed by atoms with Gasteiger partial charge in [-0.15, -0.1) is 0 Å². The molecule has 0 saturated carbocycles. The predicted molar refractivity (Wildman–Crippen MR) is 65.9 cm³/mol. The van der Waals surface area contributed by atoms with Crippen LogP contribution in [0.3, 0.4) is 0 Å². The molecule has 3 nitrogen and oxygen atoms in total. The molecule has 0 bridgehead atoms. The van der Waals surface area contributed by atoms with Crippen LogP contribution in [-0.2, 0) is 0 Å². The van der Waals surface area contributed by atoms with Gasteiger partial charge < -0.3 is 10.4 Å². The van der Waals surface area contributed by atoms with Crippen LogP contribution in [0.1, 0.15) is 38.4 Å². The smallest absolute Gasteiger partial charge is 0.0805 e. The third-order valence-electron chi connectivity index (χ3n) is 2.56. The van der Waals surface area contributed by atoms with Crippen molar-refractivity contribution in [2.75, 3.05) is 6.54 Å². The lowest BCUT2D eigenvalue weighted by Crippen LogP contribution is -2.13. The molecule has 1 heterocycles. The van der Waals surface area contributed by atoms with Gasteiger partial charge >= 0.3 is 0 Å². The summed E-state index contributed by atoms with van der Waals surface area (Å²) in [5.74, 6) is 0. The van der Waals surface area contributed by atoms with Crippen molar-refractivity contribution in [2.45, 2.75) is 32.8 Å². The van der Waals surface area contributed by atoms with E-state index < -0.39 is 6.10 Å². The van der Waals surface area contributed by atoms with Crippen molar-refractivity contribution < 1.29 is 5.11 Å². The van der Waals surface area contributed by atoms with Gasteiger partial charge in [-0.2, -0.15) is 0 Å². The number of nitrogens with one attached hydrogen (secondary N) is 1. The summed E-state index contributed by atoms with van der Waals surface area (Å²) in [6.45, 7) is 4.94. The van der Waals surface area contributed by atoms with Crippen LogP contribution in [0.5, 0.6) is 0 Å². The molecule has 0 aliphatic rings. The second-order valence-corrected chi connectivity index (χ2v) is 3.84. The Morgan fingerprint density at radius 2 is 2.44 bits per heavy atom. The molecule has 0 spiro atoms. The molecule has 0 aliphatic carbocycles. The molecule has 1 atom stereocenters. The van der Waals surface area contributed by atoms with Crippen molar-refractivity contribution in [3.63, 3.8) is 0 Å². The van der Waals surface area contributed by atoms with E-state index in [-0.39, 0.29) is 0 Å². The van der Waals surface area contributed by atoms with E-state index >= 15 is 0 Å². The van der Waals surface area contributed by atoms with Crippen molar-refractivity contribution in [3.05, 3.63) is 41.9 Å². The minimum atomic E-state index is -0.401. The summed E-state index contributed by atoms with van der Waals surface area (Å²) in [7, 11) is 0. The molecular weight excluding hydrogens is 200 g/mol. The van der Waals surface area contributed by atoms with Crippen molar-refractivity contribution in [2.24, 2.45) is 0 Å². The zero-order valence-corrected chi connectivity index (χ0v) is 9.98. The van der Waals surface area contributed by atoms with Crippen molar-refractivity contribution in [1.82, 2.24) is 10.3 Å². The molecule has 0 radical (unpaired) electrons. The van der Waals surface area contributed by atoms with Crippen molar-refractivity contribution in [3.8, 4) is 0 Å². The van der Waals surface area contributed by atoms with Gasteiger partial charge in [-0.3, -0.25) is 4.98 Å². The Bertz CT molecular complexity index is 322. The van der Waals surface area contributed by atoms with Crippen LogP contribution >= 0.6 is 0 Å². The molecule has 1 aromatic heterocycles. The van der Waals surface area contributed by atoms with Gasteiger partial charge in [-0.1, -0.05) is 12.1 Å². The Kier molecular flexibility index (Phi) is 5.57. The van der Waals surface area contributed by atoms with Crippen LogP contribution in [0, 0.1) is 0 Å². The molecule has 0 saturated heterocycles. The Balaban J connectivity index is 2.23. The van der Waals surface area contributed by atoms with Gasteiger partial charge in [0.25, 0.3) is 0 Å². The molecule has 0 aliphatic heterocycles. The number of aliphatic hydroxyl groups excluding tert-OH is 1. The van der Waals surface area contributed by atoms with E-state index in [1.165, 1.54) is 5.70 Å². The highest BCUT2D eigenvalue weighted by Crippen LogP contribution is 2.16. The molecule has 16 heavy (non-hydrogen) atoms. The van der Waals surface area contributed by atoms with Gasteiger partial charge in [-0.05, 0) is 38.3 Å². The number of nitrogens with zero attached hydrogens (tertiary/aromatic N) is 1. The fraction of sp³-hybridized carbons (Fsp3) is 0.462. The zero-order chi connectivity index (χ0) is 11.8. The lowest BCUT2D eigenvalue weighted by molar-refractivity contribution is 0.164. The zero-order valence-electron chi connectivity index (χ0n) is 9.98. The molecule has 88 valence electrons. The van der Waals surface area contributed by atoms with Gasteiger partial charge in [0.15, 0.2) is 0 Å². The number of hydrogen-bond acceptors (Lipinski definition) is 3. The first-order chi connectivity index (χ1) is 7.74. The van der Waals surface area contributed by atoms with Gasteiger partial charge in [-0.25, -0.2) is 0 Å². The molecule has 2 N–H and O–H groups in total. The van der Waals surface area contributed by atoms with Gasteiger partial charge in [0, 0.05) is 24.6 Å². The van der Waals surface area contributed by atoms with Crippen LogP contribution in [0.4, 0.5) is 0 Å². The van der Waals surface area contributed by atoms with E-state index in [9.17, 15) is 5.11 Å². The lowest BCUT2D eigenvalue weighted by Gasteiger charge is -2.11. The highest BCUT2D eigenvalue weighted by Gasteiger charge is 2.06. The monoisotopic (exact) mass is 220 g/mol. The highest BCUT2D eigenvalue weighted by molar-refractivity contribution is 5.11. The van der Waals surface area contributed by atoms with E-state index in [1.54, 1.807) is 12.4 Å².